The molecule has 2 unspecified atom stereocenters. The summed E-state index contributed by atoms with van der Waals surface area (Å²) in [6, 6.07) is 20.8. The van der Waals surface area contributed by atoms with Crippen LogP contribution >= 0.6 is 0 Å². The Morgan fingerprint density at radius 3 is 1.18 bits per heavy atom. The van der Waals surface area contributed by atoms with Crippen molar-refractivity contribution >= 4 is 56.7 Å². The lowest BCUT2D eigenvalue weighted by atomic mass is 9.90. The van der Waals surface area contributed by atoms with Gasteiger partial charge in [-0.05, 0) is 102 Å². The van der Waals surface area contributed by atoms with E-state index in [2.05, 4.69) is 10.6 Å². The van der Waals surface area contributed by atoms with E-state index in [1.54, 1.807) is 102 Å². The lowest BCUT2D eigenvalue weighted by molar-refractivity contribution is -0.123. The molecule has 4 aromatic rings. The molecule has 4 aromatic carbocycles. The van der Waals surface area contributed by atoms with Crippen molar-refractivity contribution in [2.75, 3.05) is 0 Å². The Hall–Kier alpha value is -6.61. The van der Waals surface area contributed by atoms with Crippen LogP contribution in [0.15, 0.2) is 107 Å². The first-order chi connectivity index (χ1) is 28.6. The van der Waals surface area contributed by atoms with Gasteiger partial charge < -0.3 is 20.1 Å². The molecule has 6 rings (SSSR count). The Bertz CT molecular complexity index is 2420. The first-order valence-corrected chi connectivity index (χ1v) is 20.9. The van der Waals surface area contributed by atoms with Crippen LogP contribution in [0.5, 0.6) is 0 Å². The highest BCUT2D eigenvalue weighted by Gasteiger charge is 2.48. The van der Waals surface area contributed by atoms with Gasteiger partial charge in [0.15, 0.2) is 34.7 Å². The Morgan fingerprint density at radius 1 is 0.525 bits per heavy atom. The number of sulfone groups is 1. The minimum Gasteiger partial charge on any atom is -0.444 e. The summed E-state index contributed by atoms with van der Waals surface area (Å²) in [5.74, 6) is -9.27. The number of rotatable bonds is 12. The molecular weight excluding hydrogens is 805 g/mol. The Kier molecular flexibility index (Phi) is 12.1. The molecule has 4 atom stereocenters. The van der Waals surface area contributed by atoms with Gasteiger partial charge in [-0.3, -0.25) is 28.8 Å². The van der Waals surface area contributed by atoms with Crippen LogP contribution in [-0.4, -0.2) is 78.6 Å². The minimum atomic E-state index is -4.56. The number of ether oxygens (including phenoxy) is 2. The molecule has 15 heteroatoms. The molecule has 0 saturated carbocycles. The average molecular weight is 849 g/mol. The summed E-state index contributed by atoms with van der Waals surface area (Å²) in [7, 11) is -4.56. The second kappa shape index (κ2) is 16.8. The van der Waals surface area contributed by atoms with Crippen molar-refractivity contribution in [3.8, 4) is 0 Å². The van der Waals surface area contributed by atoms with Crippen molar-refractivity contribution in [1.82, 2.24) is 10.6 Å². The summed E-state index contributed by atoms with van der Waals surface area (Å²) in [6.07, 6.45) is -2.04. The van der Waals surface area contributed by atoms with Crippen molar-refractivity contribution < 1.29 is 56.2 Å². The van der Waals surface area contributed by atoms with Gasteiger partial charge in [0.25, 0.3) is 0 Å². The Morgan fingerprint density at radius 2 is 0.852 bits per heavy atom. The molecule has 0 saturated heterocycles. The van der Waals surface area contributed by atoms with Crippen LogP contribution < -0.4 is 10.6 Å². The van der Waals surface area contributed by atoms with E-state index in [1.165, 1.54) is 0 Å². The van der Waals surface area contributed by atoms with Crippen LogP contribution in [-0.2, 0) is 41.7 Å². The molecule has 0 bridgehead atoms. The maximum absolute atomic E-state index is 14.1. The van der Waals surface area contributed by atoms with E-state index in [-0.39, 0.29) is 35.1 Å². The van der Waals surface area contributed by atoms with E-state index in [9.17, 15) is 46.8 Å². The zero-order valence-electron chi connectivity index (χ0n) is 34.3. The fourth-order valence-corrected chi connectivity index (χ4v) is 8.49. The Labute approximate surface area is 352 Å². The van der Waals surface area contributed by atoms with Crippen LogP contribution in [0, 0.1) is 11.8 Å². The number of benzene rings is 4. The zero-order valence-corrected chi connectivity index (χ0v) is 35.1. The van der Waals surface area contributed by atoms with Gasteiger partial charge >= 0.3 is 12.2 Å². The number of carbonyl (C=O) groups excluding carboxylic acids is 8. The molecule has 0 aliphatic heterocycles. The number of alkyl carbamates (subject to hydrolysis) is 2. The van der Waals surface area contributed by atoms with E-state index < -0.39 is 102 Å². The van der Waals surface area contributed by atoms with Crippen molar-refractivity contribution in [2.45, 2.75) is 87.5 Å². The van der Waals surface area contributed by atoms with E-state index in [4.69, 9.17) is 9.47 Å². The first-order valence-electron chi connectivity index (χ1n) is 19.4. The maximum Gasteiger partial charge on any atom is 0.408 e. The number of carbonyl (C=O) groups is 8. The number of fused-ring (bicyclic) bond motifs is 2. The summed E-state index contributed by atoms with van der Waals surface area (Å²) in [6.45, 7) is 9.76. The quantitative estimate of drug-likeness (QED) is 0.159. The van der Waals surface area contributed by atoms with Crippen molar-refractivity contribution in [3.63, 3.8) is 0 Å². The third kappa shape index (κ3) is 9.57. The topological polar surface area (TPSA) is 213 Å². The summed E-state index contributed by atoms with van der Waals surface area (Å²) in [4.78, 5) is 108. The lowest BCUT2D eigenvalue weighted by Crippen LogP contribution is -2.48. The van der Waals surface area contributed by atoms with Gasteiger partial charge in [0.2, 0.25) is 9.84 Å². The van der Waals surface area contributed by atoms with Gasteiger partial charge in [-0.1, -0.05) is 60.7 Å². The summed E-state index contributed by atoms with van der Waals surface area (Å²) < 4.78 is 38.8. The highest BCUT2D eigenvalue weighted by atomic mass is 32.2. The number of amides is 2. The summed E-state index contributed by atoms with van der Waals surface area (Å²) in [5, 5.41) is 4.97. The van der Waals surface area contributed by atoms with Gasteiger partial charge in [-0.2, -0.15) is 0 Å². The zero-order chi connectivity index (χ0) is 44.6. The minimum absolute atomic E-state index is 0.0775. The normalized spacial score (nSPS) is 17.2. The third-order valence-electron chi connectivity index (χ3n) is 9.92. The second-order valence-corrected chi connectivity index (χ2v) is 18.8. The van der Waals surface area contributed by atoms with E-state index in [0.29, 0.717) is 11.1 Å². The van der Waals surface area contributed by atoms with Gasteiger partial charge in [-0.25, -0.2) is 18.0 Å². The van der Waals surface area contributed by atoms with Crippen LogP contribution in [0.2, 0.25) is 0 Å². The average Bonchev–Trinajstić information content (AvgIpc) is 3.59. The second-order valence-electron chi connectivity index (χ2n) is 16.8. The van der Waals surface area contributed by atoms with Crippen LogP contribution in [0.25, 0.3) is 0 Å². The predicted octanol–water partition coefficient (Wildman–Crippen LogP) is 5.92. The monoisotopic (exact) mass is 848 g/mol. The standard InChI is InChI=1S/C46H44N2O12S/c1-45(2,3)59-43(55)47-33(21-25-13-9-7-10-14-25)41(53)35-37(49)29-19-17-27(23-31(29)39(35)51)61(57,58)28-18-20-30-32(24-28)40(52)36(38(30)50)42(54)34(22-26-15-11-8-12-16-26)48-44(56)60-46(4,5)6/h7-20,23-24,33-36H,21-22H2,1-6H3,(H,47,55)(H,48,56)/t33-,34-,35?,36?/m0/s1. The SMILES string of the molecule is CC(C)(C)OC(=O)N[C@@H](Cc1ccccc1)C(=O)C1C(=O)c2ccc(S(=O)(=O)c3ccc4c(c3)C(=O)C(C(=O)[C@H](Cc3ccccc3)NC(=O)OC(C)(C)C)C4=O)cc2C1=O. The van der Waals surface area contributed by atoms with E-state index in [1.807, 2.05) is 0 Å². The van der Waals surface area contributed by atoms with Gasteiger partial charge in [0.1, 0.15) is 23.0 Å². The highest BCUT2D eigenvalue weighted by molar-refractivity contribution is 7.91. The molecule has 2 N–H and O–H groups in total. The van der Waals surface area contributed by atoms with Crippen LogP contribution in [0.1, 0.15) is 94.1 Å². The van der Waals surface area contributed by atoms with Crippen LogP contribution in [0.3, 0.4) is 0 Å². The number of hydrogen-bond acceptors (Lipinski definition) is 12. The molecular formula is C46H44N2O12S. The molecule has 0 radical (unpaired) electrons. The number of Topliss-reactive ketones (excluding diaryl/α,β-unsaturated/α-hetero) is 6. The molecule has 0 aromatic heterocycles. The third-order valence-corrected chi connectivity index (χ3v) is 11.7. The van der Waals surface area contributed by atoms with Gasteiger partial charge in [0, 0.05) is 22.3 Å². The number of nitrogens with one attached hydrogen (secondary N) is 2. The van der Waals surface area contributed by atoms with Crippen LogP contribution in [0.4, 0.5) is 9.59 Å². The van der Waals surface area contributed by atoms with E-state index in [0.717, 1.165) is 36.4 Å². The van der Waals surface area contributed by atoms with Gasteiger partial charge in [-0.15, -0.1) is 0 Å². The lowest BCUT2D eigenvalue weighted by Gasteiger charge is -2.24. The maximum atomic E-state index is 14.1. The predicted molar refractivity (Wildman–Crippen MR) is 219 cm³/mol. The molecule has 0 heterocycles. The molecule has 2 aliphatic carbocycles. The molecule has 0 fully saturated rings. The fourth-order valence-electron chi connectivity index (χ4n) is 7.18. The Balaban J connectivity index is 1.25. The number of ketones is 6. The van der Waals surface area contributed by atoms with Crippen molar-refractivity contribution in [3.05, 3.63) is 130 Å². The molecule has 14 nitrogen and oxygen atoms in total. The largest absolute Gasteiger partial charge is 0.444 e. The molecule has 61 heavy (non-hydrogen) atoms. The highest BCUT2D eigenvalue weighted by Crippen LogP contribution is 2.35. The van der Waals surface area contributed by atoms with E-state index >= 15 is 0 Å². The molecule has 316 valence electrons. The molecule has 2 amide bonds. The van der Waals surface area contributed by atoms with Gasteiger partial charge in [0.05, 0.1) is 21.9 Å². The molecule has 0 spiro atoms. The summed E-state index contributed by atoms with van der Waals surface area (Å²) in [5.41, 5.74) is -1.66. The fraction of sp³-hybridized carbons (Fsp3) is 0.304. The number of hydrogen-bond donors (Lipinski definition) is 2. The molecule has 2 aliphatic rings. The summed E-state index contributed by atoms with van der Waals surface area (Å²) >= 11 is 0. The first kappa shape index (κ1) is 44.0. The van der Waals surface area contributed by atoms with Crippen molar-refractivity contribution in [2.24, 2.45) is 11.8 Å². The smallest absolute Gasteiger partial charge is 0.408 e. The van der Waals surface area contributed by atoms with Crippen molar-refractivity contribution in [1.29, 1.82) is 0 Å².